The lowest BCUT2D eigenvalue weighted by Crippen LogP contribution is -2.42. The molecule has 1 aliphatic heterocycles. The average molecular weight is 458 g/mol. The van der Waals surface area contributed by atoms with Gasteiger partial charge in [-0.25, -0.2) is 4.79 Å². The minimum Gasteiger partial charge on any atom is -0.312 e. The fourth-order valence-electron chi connectivity index (χ4n) is 4.61. The highest BCUT2D eigenvalue weighted by Crippen LogP contribution is 2.33. The zero-order valence-corrected chi connectivity index (χ0v) is 19.8. The van der Waals surface area contributed by atoms with Crippen LogP contribution in [0.1, 0.15) is 28.4 Å². The molecule has 8 heteroatoms. The summed E-state index contributed by atoms with van der Waals surface area (Å²) in [4.78, 5) is 46.3. The van der Waals surface area contributed by atoms with Crippen molar-refractivity contribution < 1.29 is 4.79 Å². The second kappa shape index (κ2) is 8.13. The Balaban J connectivity index is 1.68. The number of benzene rings is 2. The van der Waals surface area contributed by atoms with Gasteiger partial charge in [0.2, 0.25) is 5.95 Å². The number of carbonyl (C=O) groups is 1. The van der Waals surface area contributed by atoms with Gasteiger partial charge >= 0.3 is 5.69 Å². The van der Waals surface area contributed by atoms with Crippen LogP contribution in [-0.2, 0) is 20.1 Å². The molecule has 8 nitrogen and oxygen atoms in total. The van der Waals surface area contributed by atoms with Crippen molar-refractivity contribution >= 4 is 28.6 Å². The Morgan fingerprint density at radius 1 is 1.03 bits per heavy atom. The van der Waals surface area contributed by atoms with Crippen LogP contribution in [0, 0.1) is 19.8 Å². The highest BCUT2D eigenvalue weighted by molar-refractivity contribution is 5.96. The van der Waals surface area contributed by atoms with E-state index in [0.29, 0.717) is 29.2 Å². The average Bonchev–Trinajstić information content (AvgIpc) is 3.21. The molecule has 0 fully saturated rings. The lowest BCUT2D eigenvalue weighted by molar-refractivity contribution is 0.0969. The van der Waals surface area contributed by atoms with E-state index in [4.69, 9.17) is 4.98 Å². The largest absolute Gasteiger partial charge is 0.332 e. The van der Waals surface area contributed by atoms with Gasteiger partial charge < -0.3 is 9.47 Å². The maximum atomic E-state index is 13.6. The quantitative estimate of drug-likeness (QED) is 0.440. The van der Waals surface area contributed by atoms with Gasteiger partial charge in [0, 0.05) is 31.4 Å². The molecule has 1 aliphatic rings. The summed E-state index contributed by atoms with van der Waals surface area (Å²) in [5, 5.41) is 0. The molecular weight excluding hydrogens is 430 g/mol. The molecule has 0 aliphatic carbocycles. The molecule has 0 radical (unpaired) electrons. The summed E-state index contributed by atoms with van der Waals surface area (Å²) >= 11 is 0. The second-order valence-electron chi connectivity index (χ2n) is 9.20. The lowest BCUT2D eigenvalue weighted by atomic mass is 10.1. The Hall–Kier alpha value is -3.94. The maximum Gasteiger partial charge on any atom is 0.332 e. The number of imidazole rings is 1. The summed E-state index contributed by atoms with van der Waals surface area (Å²) in [7, 11) is 1.59. The number of hydrogen-bond donors (Lipinski definition) is 0. The Morgan fingerprint density at radius 3 is 2.47 bits per heavy atom. The number of anilines is 2. The van der Waals surface area contributed by atoms with Crippen molar-refractivity contribution in [2.75, 3.05) is 11.4 Å². The number of carbonyl (C=O) groups excluding carboxylic acids is 1. The number of Topliss-reactive ketones (excluding diaryl/α,β-unsaturated/α-hetero) is 1. The second-order valence-corrected chi connectivity index (χ2v) is 9.20. The van der Waals surface area contributed by atoms with Gasteiger partial charge in [0.25, 0.3) is 5.56 Å². The molecule has 5 rings (SSSR count). The minimum atomic E-state index is -0.553. The fourth-order valence-corrected chi connectivity index (χ4v) is 4.61. The topological polar surface area (TPSA) is 82.1 Å². The molecule has 4 aromatic rings. The maximum absolute atomic E-state index is 13.6. The fraction of sp³-hybridized carbons (Fsp3) is 0.308. The minimum absolute atomic E-state index is 0.252. The number of aryl methyl sites for hydroxylation is 3. The summed E-state index contributed by atoms with van der Waals surface area (Å²) in [6.07, 6.45) is 0. The van der Waals surface area contributed by atoms with Crippen LogP contribution in [0.4, 0.5) is 11.6 Å². The molecule has 1 atom stereocenters. The standard InChI is InChI=1S/C26H27N5O3/c1-16-13-29(20-11-10-17(2)18(3)12-20)25-27-23-22(30(25)14-16)24(33)31(26(34)28(23)4)15-21(32)19-8-6-5-7-9-19/h5-12,16H,13-15H2,1-4H3. The number of rotatable bonds is 4. The van der Waals surface area contributed by atoms with Crippen LogP contribution in [0.2, 0.25) is 0 Å². The molecule has 34 heavy (non-hydrogen) atoms. The molecule has 3 heterocycles. The van der Waals surface area contributed by atoms with E-state index in [2.05, 4.69) is 43.9 Å². The van der Waals surface area contributed by atoms with Crippen LogP contribution in [0.5, 0.6) is 0 Å². The van der Waals surface area contributed by atoms with Gasteiger partial charge in [-0.15, -0.1) is 0 Å². The van der Waals surface area contributed by atoms with Gasteiger partial charge in [0.1, 0.15) is 0 Å². The highest BCUT2D eigenvalue weighted by atomic mass is 16.2. The van der Waals surface area contributed by atoms with Gasteiger partial charge in [-0.05, 0) is 43.0 Å². The van der Waals surface area contributed by atoms with Crippen LogP contribution in [0.15, 0.2) is 58.1 Å². The Bertz CT molecular complexity index is 1540. The SMILES string of the molecule is Cc1ccc(N2CC(C)Cn3c2nc2c3c(=O)n(CC(=O)c3ccccc3)c(=O)n2C)cc1C. The Morgan fingerprint density at radius 2 is 1.76 bits per heavy atom. The summed E-state index contributed by atoms with van der Waals surface area (Å²) in [6, 6.07) is 14.9. The van der Waals surface area contributed by atoms with E-state index in [1.54, 1.807) is 31.3 Å². The van der Waals surface area contributed by atoms with E-state index in [1.807, 2.05) is 10.6 Å². The van der Waals surface area contributed by atoms with Crippen molar-refractivity contribution in [3.8, 4) is 0 Å². The highest BCUT2D eigenvalue weighted by Gasteiger charge is 2.30. The number of hydrogen-bond acceptors (Lipinski definition) is 5. The Labute approximate surface area is 196 Å². The van der Waals surface area contributed by atoms with Gasteiger partial charge in [-0.3, -0.25) is 18.7 Å². The number of ketones is 1. The molecule has 1 unspecified atom stereocenters. The zero-order valence-electron chi connectivity index (χ0n) is 19.8. The van der Waals surface area contributed by atoms with Crippen LogP contribution in [0.25, 0.3) is 11.2 Å². The summed E-state index contributed by atoms with van der Waals surface area (Å²) < 4.78 is 4.28. The monoisotopic (exact) mass is 457 g/mol. The molecule has 0 amide bonds. The van der Waals surface area contributed by atoms with E-state index >= 15 is 0 Å². The van der Waals surface area contributed by atoms with Crippen LogP contribution in [-0.4, -0.2) is 31.0 Å². The predicted octanol–water partition coefficient (Wildman–Crippen LogP) is 3.18. The number of nitrogens with zero attached hydrogens (tertiary/aromatic N) is 5. The van der Waals surface area contributed by atoms with Crippen molar-refractivity contribution in [3.05, 3.63) is 86.1 Å². The van der Waals surface area contributed by atoms with Crippen molar-refractivity contribution in [3.63, 3.8) is 0 Å². The molecule has 2 aromatic heterocycles. The van der Waals surface area contributed by atoms with Crippen molar-refractivity contribution in [2.45, 2.75) is 33.9 Å². The first-order valence-corrected chi connectivity index (χ1v) is 11.4. The first kappa shape index (κ1) is 21.9. The smallest absolute Gasteiger partial charge is 0.312 e. The van der Waals surface area contributed by atoms with Gasteiger partial charge in [-0.1, -0.05) is 43.3 Å². The van der Waals surface area contributed by atoms with Crippen molar-refractivity contribution in [2.24, 2.45) is 13.0 Å². The third-order valence-electron chi connectivity index (χ3n) is 6.64. The first-order valence-electron chi connectivity index (χ1n) is 11.4. The first-order chi connectivity index (χ1) is 16.3. The molecule has 0 saturated carbocycles. The van der Waals surface area contributed by atoms with Gasteiger partial charge in [-0.2, -0.15) is 4.98 Å². The van der Waals surface area contributed by atoms with Crippen LogP contribution >= 0.6 is 0 Å². The normalized spacial score (nSPS) is 15.5. The molecular formula is C26H27N5O3. The molecule has 0 bridgehead atoms. The van der Waals surface area contributed by atoms with E-state index in [1.165, 1.54) is 15.7 Å². The zero-order chi connectivity index (χ0) is 24.1. The van der Waals surface area contributed by atoms with Crippen LogP contribution < -0.4 is 16.1 Å². The Kier molecular flexibility index (Phi) is 5.23. The summed E-state index contributed by atoms with van der Waals surface area (Å²) in [6.45, 7) is 7.31. The molecule has 0 N–H and O–H groups in total. The van der Waals surface area contributed by atoms with Crippen molar-refractivity contribution in [1.82, 2.24) is 18.7 Å². The van der Waals surface area contributed by atoms with E-state index in [9.17, 15) is 14.4 Å². The van der Waals surface area contributed by atoms with Crippen LogP contribution in [0.3, 0.4) is 0 Å². The van der Waals surface area contributed by atoms with Gasteiger partial charge in [0.05, 0.1) is 6.54 Å². The molecule has 174 valence electrons. The summed E-state index contributed by atoms with van der Waals surface area (Å²) in [5.74, 6) is 0.598. The lowest BCUT2D eigenvalue weighted by Gasteiger charge is -2.33. The van der Waals surface area contributed by atoms with E-state index in [-0.39, 0.29) is 18.2 Å². The molecule has 0 spiro atoms. The predicted molar refractivity (Wildman–Crippen MR) is 132 cm³/mol. The third-order valence-corrected chi connectivity index (χ3v) is 6.64. The third kappa shape index (κ3) is 3.46. The summed E-state index contributed by atoms with van der Waals surface area (Å²) in [5.41, 5.74) is 3.47. The van der Waals surface area contributed by atoms with Gasteiger partial charge in [0.15, 0.2) is 16.9 Å². The van der Waals surface area contributed by atoms with E-state index < -0.39 is 11.2 Å². The molecule has 0 saturated heterocycles. The molecule has 2 aromatic carbocycles. The number of aromatic nitrogens is 4. The van der Waals surface area contributed by atoms with Crippen molar-refractivity contribution in [1.29, 1.82) is 0 Å². The van der Waals surface area contributed by atoms with E-state index in [0.717, 1.165) is 16.8 Å². The number of fused-ring (bicyclic) bond motifs is 3.